The lowest BCUT2D eigenvalue weighted by Gasteiger charge is -2.37. The van der Waals surface area contributed by atoms with Crippen LogP contribution in [0.5, 0.6) is 0 Å². The topological polar surface area (TPSA) is 101 Å². The van der Waals surface area contributed by atoms with Crippen molar-refractivity contribution in [3.8, 4) is 0 Å². The Labute approximate surface area is 296 Å². The van der Waals surface area contributed by atoms with E-state index in [1.165, 1.54) is 4.90 Å². The fourth-order valence-corrected chi connectivity index (χ4v) is 6.71. The third kappa shape index (κ3) is 12.5. The van der Waals surface area contributed by atoms with Gasteiger partial charge in [-0.25, -0.2) is 9.59 Å². The SMILES string of the molecule is CCC(OC(=O)N(C)C)C(C)C1OC1CC(C)/C=C/C=C(\C)C1OC(=O)CC(C)CCC(C)(C)C(OC(=O)N2CCN(C)CC2)/C=C/C1C. The van der Waals surface area contributed by atoms with Gasteiger partial charge >= 0.3 is 18.2 Å². The first-order valence-electron chi connectivity index (χ1n) is 18.4. The van der Waals surface area contributed by atoms with E-state index in [0.717, 1.165) is 44.3 Å². The number of epoxide rings is 1. The van der Waals surface area contributed by atoms with Gasteiger partial charge in [-0.15, -0.1) is 0 Å². The molecular weight excluding hydrogens is 622 g/mol. The number of piperazine rings is 1. The van der Waals surface area contributed by atoms with Crippen LogP contribution < -0.4 is 0 Å². The van der Waals surface area contributed by atoms with Crippen molar-refractivity contribution in [2.45, 2.75) is 118 Å². The van der Waals surface area contributed by atoms with Gasteiger partial charge in [0.1, 0.15) is 18.3 Å². The summed E-state index contributed by atoms with van der Waals surface area (Å²) >= 11 is 0. The number of nitrogens with zero attached hydrogens (tertiary/aromatic N) is 3. The zero-order valence-electron chi connectivity index (χ0n) is 32.1. The second kappa shape index (κ2) is 18.4. The standard InChI is InChI=1S/C39H65N3O7/c1-12-31(47-37(44)40(9)10)30(6)36-32(46-36)24-26(2)14-13-15-28(4)35-29(5)16-17-33(48-38(45)42-22-20-41(11)21-23-42)39(7,8)19-18-27(3)25-34(43)49-35/h13-17,26-27,29-33,35-36H,12,18-25H2,1-11H3/b14-13+,17-16+,28-15+. The van der Waals surface area contributed by atoms with Crippen molar-refractivity contribution >= 4 is 18.2 Å². The highest BCUT2D eigenvalue weighted by molar-refractivity contribution is 5.70. The summed E-state index contributed by atoms with van der Waals surface area (Å²) in [4.78, 5) is 43.9. The lowest BCUT2D eigenvalue weighted by Crippen LogP contribution is -2.49. The zero-order valence-corrected chi connectivity index (χ0v) is 32.1. The highest BCUT2D eigenvalue weighted by atomic mass is 16.6. The Bertz CT molecular complexity index is 1190. The highest BCUT2D eigenvalue weighted by Crippen LogP contribution is 2.38. The third-order valence-electron chi connectivity index (χ3n) is 10.5. The lowest BCUT2D eigenvalue weighted by molar-refractivity contribution is -0.149. The van der Waals surface area contributed by atoms with Crippen LogP contribution in [-0.4, -0.2) is 111 Å². The van der Waals surface area contributed by atoms with Crippen molar-refractivity contribution in [3.63, 3.8) is 0 Å². The summed E-state index contributed by atoms with van der Waals surface area (Å²) in [5.41, 5.74) is 0.650. The molecule has 0 bridgehead atoms. The average Bonchev–Trinajstić information content (AvgIpc) is 3.81. The maximum atomic E-state index is 13.2. The predicted molar refractivity (Wildman–Crippen MR) is 193 cm³/mol. The van der Waals surface area contributed by atoms with Gasteiger partial charge in [-0.1, -0.05) is 72.8 Å². The highest BCUT2D eigenvalue weighted by Gasteiger charge is 2.46. The van der Waals surface area contributed by atoms with E-state index < -0.39 is 12.2 Å². The van der Waals surface area contributed by atoms with Gasteiger partial charge in [0.2, 0.25) is 0 Å². The van der Waals surface area contributed by atoms with Crippen LogP contribution in [0.25, 0.3) is 0 Å². The summed E-state index contributed by atoms with van der Waals surface area (Å²) in [6, 6.07) is 0. The first-order valence-corrected chi connectivity index (χ1v) is 18.4. The van der Waals surface area contributed by atoms with E-state index in [-0.39, 0.29) is 65.6 Å². The van der Waals surface area contributed by atoms with E-state index in [1.807, 2.05) is 45.1 Å². The molecular formula is C39H65N3O7. The summed E-state index contributed by atoms with van der Waals surface area (Å²) in [5, 5.41) is 0. The molecule has 2 fully saturated rings. The minimum absolute atomic E-state index is 0.0772. The summed E-state index contributed by atoms with van der Waals surface area (Å²) in [6.45, 7) is 19.7. The molecule has 0 saturated carbocycles. The zero-order chi connectivity index (χ0) is 36.5. The molecule has 9 atom stereocenters. The number of likely N-dealkylation sites (N-methyl/N-ethyl adjacent to an activating group) is 1. The van der Waals surface area contributed by atoms with Crippen molar-refractivity contribution in [2.24, 2.45) is 29.1 Å². The van der Waals surface area contributed by atoms with Gasteiger partial charge in [-0.3, -0.25) is 4.79 Å². The molecule has 10 heteroatoms. The summed E-state index contributed by atoms with van der Waals surface area (Å²) in [6.07, 6.45) is 12.5. The van der Waals surface area contributed by atoms with Crippen LogP contribution in [0.2, 0.25) is 0 Å². The second-order valence-corrected chi connectivity index (χ2v) is 15.8. The van der Waals surface area contributed by atoms with Crippen LogP contribution in [0.3, 0.4) is 0 Å². The molecule has 2 saturated heterocycles. The first kappa shape index (κ1) is 40.6. The molecule has 0 radical (unpaired) electrons. The van der Waals surface area contributed by atoms with Crippen molar-refractivity contribution < 1.29 is 33.3 Å². The summed E-state index contributed by atoms with van der Waals surface area (Å²) in [5.74, 6) is 0.217. The minimum atomic E-state index is -0.444. The van der Waals surface area contributed by atoms with Gasteiger partial charge in [-0.05, 0) is 63.1 Å². The number of carbonyl (C=O) groups excluding carboxylic acids is 3. The Morgan fingerprint density at radius 3 is 2.43 bits per heavy atom. The molecule has 278 valence electrons. The van der Waals surface area contributed by atoms with E-state index in [1.54, 1.807) is 19.0 Å². The number of hydrogen-bond donors (Lipinski definition) is 0. The number of allylic oxidation sites excluding steroid dienone is 3. The molecule has 3 rings (SSSR count). The molecule has 3 aliphatic rings. The van der Waals surface area contributed by atoms with E-state index in [9.17, 15) is 14.4 Å². The molecule has 0 aromatic rings. The first-order chi connectivity index (χ1) is 23.0. The molecule has 2 amide bonds. The minimum Gasteiger partial charge on any atom is -0.457 e. The van der Waals surface area contributed by atoms with E-state index in [4.69, 9.17) is 18.9 Å². The maximum absolute atomic E-state index is 13.2. The Morgan fingerprint density at radius 1 is 1.12 bits per heavy atom. The Balaban J connectivity index is 1.67. The predicted octanol–water partition coefficient (Wildman–Crippen LogP) is 7.10. The molecule has 0 aliphatic carbocycles. The summed E-state index contributed by atoms with van der Waals surface area (Å²) in [7, 11) is 5.45. The van der Waals surface area contributed by atoms with Gasteiger partial charge in [0.05, 0.1) is 12.2 Å². The third-order valence-corrected chi connectivity index (χ3v) is 10.5. The monoisotopic (exact) mass is 687 g/mol. The van der Waals surface area contributed by atoms with Crippen molar-refractivity contribution in [1.29, 1.82) is 0 Å². The number of esters is 1. The normalized spacial score (nSPS) is 31.0. The Kier molecular flexibility index (Phi) is 15.2. The maximum Gasteiger partial charge on any atom is 0.410 e. The smallest absolute Gasteiger partial charge is 0.410 e. The van der Waals surface area contributed by atoms with Crippen molar-refractivity contribution in [2.75, 3.05) is 47.3 Å². The van der Waals surface area contributed by atoms with Crippen LogP contribution in [0, 0.1) is 29.1 Å². The Hall–Kier alpha value is -2.85. The number of rotatable bonds is 10. The van der Waals surface area contributed by atoms with Crippen LogP contribution in [-0.2, 0) is 23.7 Å². The second-order valence-electron chi connectivity index (χ2n) is 15.8. The Morgan fingerprint density at radius 2 is 1.80 bits per heavy atom. The molecule has 9 unspecified atom stereocenters. The van der Waals surface area contributed by atoms with E-state index in [0.29, 0.717) is 19.5 Å². The van der Waals surface area contributed by atoms with Crippen LogP contribution in [0.15, 0.2) is 36.0 Å². The number of amides is 2. The number of hydrogen-bond acceptors (Lipinski definition) is 8. The van der Waals surface area contributed by atoms with Gasteiger partial charge in [-0.2, -0.15) is 0 Å². The van der Waals surface area contributed by atoms with Gasteiger partial charge in [0, 0.05) is 63.9 Å². The molecule has 0 aromatic carbocycles. The fraction of sp³-hybridized carbons (Fsp3) is 0.769. The molecule has 0 aromatic heterocycles. The molecule has 0 N–H and O–H groups in total. The number of carbonyl (C=O) groups is 3. The largest absolute Gasteiger partial charge is 0.457 e. The lowest BCUT2D eigenvalue weighted by atomic mass is 9.78. The van der Waals surface area contributed by atoms with Gasteiger partial charge in [0.15, 0.2) is 0 Å². The van der Waals surface area contributed by atoms with Gasteiger partial charge in [0.25, 0.3) is 0 Å². The van der Waals surface area contributed by atoms with E-state index in [2.05, 4.69) is 52.6 Å². The average molecular weight is 688 g/mol. The van der Waals surface area contributed by atoms with Gasteiger partial charge < -0.3 is 33.6 Å². The molecule has 0 spiro atoms. The van der Waals surface area contributed by atoms with Crippen molar-refractivity contribution in [1.82, 2.24) is 14.7 Å². The number of ether oxygens (including phenoxy) is 4. The number of cyclic esters (lactones) is 1. The van der Waals surface area contributed by atoms with Crippen LogP contribution in [0.1, 0.15) is 87.5 Å². The molecule has 3 heterocycles. The van der Waals surface area contributed by atoms with Crippen molar-refractivity contribution in [3.05, 3.63) is 36.0 Å². The summed E-state index contributed by atoms with van der Waals surface area (Å²) < 4.78 is 24.0. The molecule has 10 nitrogen and oxygen atoms in total. The molecule has 3 aliphatic heterocycles. The quantitative estimate of drug-likeness (QED) is 0.0789. The van der Waals surface area contributed by atoms with Crippen LogP contribution in [0.4, 0.5) is 9.59 Å². The fourth-order valence-electron chi connectivity index (χ4n) is 6.71. The van der Waals surface area contributed by atoms with E-state index >= 15 is 0 Å². The van der Waals surface area contributed by atoms with Crippen LogP contribution >= 0.6 is 0 Å². The molecule has 49 heavy (non-hydrogen) atoms.